The summed E-state index contributed by atoms with van der Waals surface area (Å²) in [4.78, 5) is 28.2. The number of nitro groups is 1. The van der Waals surface area contributed by atoms with Gasteiger partial charge in [0.25, 0.3) is 0 Å². The molecule has 0 radical (unpaired) electrons. The van der Waals surface area contributed by atoms with Gasteiger partial charge in [0, 0.05) is 6.42 Å². The Morgan fingerprint density at radius 1 is 1.26 bits per heavy atom. The molecule has 0 bridgehead atoms. The first-order valence-electron chi connectivity index (χ1n) is 5.86. The number of H-pyrrole nitrogens is 1. The van der Waals surface area contributed by atoms with E-state index in [1.807, 2.05) is 30.3 Å². The first kappa shape index (κ1) is 12.9. The van der Waals surface area contributed by atoms with Crippen LogP contribution in [-0.2, 0) is 12.8 Å². The molecule has 1 N–H and O–H groups in total. The lowest BCUT2D eigenvalue weighted by Crippen LogP contribution is -2.18. The molecule has 0 fully saturated rings. The van der Waals surface area contributed by atoms with Gasteiger partial charge in [-0.1, -0.05) is 30.3 Å². The van der Waals surface area contributed by atoms with Crippen molar-refractivity contribution < 1.29 is 4.92 Å². The van der Waals surface area contributed by atoms with Gasteiger partial charge in [-0.25, -0.2) is 4.98 Å². The Kier molecular flexibility index (Phi) is 3.70. The molecule has 19 heavy (non-hydrogen) atoms. The lowest BCUT2D eigenvalue weighted by molar-refractivity contribution is -0.387. The molecule has 0 aliphatic carbocycles. The van der Waals surface area contributed by atoms with Crippen molar-refractivity contribution in [3.8, 4) is 0 Å². The van der Waals surface area contributed by atoms with Crippen molar-refractivity contribution >= 4 is 5.69 Å². The number of aromatic amines is 1. The minimum Gasteiger partial charge on any atom is -0.305 e. The van der Waals surface area contributed by atoms with Gasteiger partial charge in [0.2, 0.25) is 0 Å². The maximum atomic E-state index is 11.6. The van der Waals surface area contributed by atoms with Crippen molar-refractivity contribution in [1.82, 2.24) is 9.97 Å². The molecule has 6 nitrogen and oxygen atoms in total. The van der Waals surface area contributed by atoms with Crippen LogP contribution in [0, 0.1) is 17.0 Å². The molecule has 2 aromatic rings. The summed E-state index contributed by atoms with van der Waals surface area (Å²) in [6, 6.07) is 9.58. The maximum absolute atomic E-state index is 11.6. The predicted molar refractivity (Wildman–Crippen MR) is 70.1 cm³/mol. The topological polar surface area (TPSA) is 88.9 Å². The summed E-state index contributed by atoms with van der Waals surface area (Å²) in [6.45, 7) is 1.61. The molecular formula is C13H13N3O3. The highest BCUT2D eigenvalue weighted by Gasteiger charge is 2.20. The molecular weight excluding hydrogens is 246 g/mol. The van der Waals surface area contributed by atoms with Crippen molar-refractivity contribution in [2.45, 2.75) is 19.8 Å². The summed E-state index contributed by atoms with van der Waals surface area (Å²) in [6.07, 6.45) is 0.975. The normalized spacial score (nSPS) is 10.4. The van der Waals surface area contributed by atoms with Crippen LogP contribution < -0.4 is 5.56 Å². The molecule has 2 rings (SSSR count). The van der Waals surface area contributed by atoms with Crippen molar-refractivity contribution in [3.63, 3.8) is 0 Å². The Bertz CT molecular complexity index is 650. The van der Waals surface area contributed by atoms with E-state index in [2.05, 4.69) is 9.97 Å². The zero-order chi connectivity index (χ0) is 13.8. The van der Waals surface area contributed by atoms with E-state index < -0.39 is 16.2 Å². The fourth-order valence-electron chi connectivity index (χ4n) is 1.91. The third kappa shape index (κ3) is 3.04. The number of aromatic nitrogens is 2. The molecule has 1 aromatic carbocycles. The van der Waals surface area contributed by atoms with Crippen molar-refractivity contribution in [3.05, 3.63) is 67.9 Å². The van der Waals surface area contributed by atoms with Gasteiger partial charge in [-0.15, -0.1) is 0 Å². The quantitative estimate of drug-likeness (QED) is 0.669. The van der Waals surface area contributed by atoms with Gasteiger partial charge in [-0.3, -0.25) is 14.9 Å². The van der Waals surface area contributed by atoms with E-state index in [1.165, 1.54) is 0 Å². The molecule has 98 valence electrons. The van der Waals surface area contributed by atoms with E-state index in [1.54, 1.807) is 6.92 Å². The second kappa shape index (κ2) is 5.43. The van der Waals surface area contributed by atoms with E-state index in [-0.39, 0.29) is 5.69 Å². The minimum absolute atomic E-state index is 0.232. The summed E-state index contributed by atoms with van der Waals surface area (Å²) >= 11 is 0. The Morgan fingerprint density at radius 2 is 1.95 bits per heavy atom. The summed E-state index contributed by atoms with van der Waals surface area (Å²) < 4.78 is 0. The Morgan fingerprint density at radius 3 is 2.58 bits per heavy atom. The number of rotatable bonds is 4. The van der Waals surface area contributed by atoms with Gasteiger partial charge in [-0.2, -0.15) is 0 Å². The molecule has 0 amide bonds. The molecule has 0 aliphatic rings. The smallest absolute Gasteiger partial charge is 0.305 e. The zero-order valence-electron chi connectivity index (χ0n) is 10.4. The van der Waals surface area contributed by atoms with E-state index in [4.69, 9.17) is 0 Å². The van der Waals surface area contributed by atoms with Crippen molar-refractivity contribution in [2.75, 3.05) is 0 Å². The van der Waals surface area contributed by atoms with Gasteiger partial charge in [0.15, 0.2) is 0 Å². The number of nitrogens with one attached hydrogen (secondary N) is 1. The maximum Gasteiger partial charge on any atom is 0.355 e. The van der Waals surface area contributed by atoms with E-state index >= 15 is 0 Å². The highest BCUT2D eigenvalue weighted by molar-refractivity contribution is 5.33. The minimum atomic E-state index is -0.694. The molecule has 0 unspecified atom stereocenters. The second-order valence-corrected chi connectivity index (χ2v) is 4.19. The number of hydrogen-bond acceptors (Lipinski definition) is 4. The molecule has 1 aromatic heterocycles. The molecule has 0 atom stereocenters. The second-order valence-electron chi connectivity index (χ2n) is 4.19. The average molecular weight is 259 g/mol. The first-order chi connectivity index (χ1) is 9.08. The summed E-state index contributed by atoms with van der Waals surface area (Å²) in [5, 5.41) is 10.9. The number of nitrogens with zero attached hydrogens (tertiary/aromatic N) is 2. The molecule has 0 saturated carbocycles. The highest BCUT2D eigenvalue weighted by Crippen LogP contribution is 2.13. The zero-order valence-corrected chi connectivity index (χ0v) is 10.4. The van der Waals surface area contributed by atoms with Crippen LogP contribution in [0.5, 0.6) is 0 Å². The summed E-state index contributed by atoms with van der Waals surface area (Å²) in [5.74, 6) is 0.388. The van der Waals surface area contributed by atoms with Crippen LogP contribution in [0.15, 0.2) is 35.1 Å². The Balaban J connectivity index is 2.29. The van der Waals surface area contributed by atoms with E-state index in [9.17, 15) is 14.9 Å². The fraction of sp³-hybridized carbons (Fsp3) is 0.231. The molecule has 0 saturated heterocycles. The molecule has 1 heterocycles. The molecule has 0 aliphatic heterocycles. The van der Waals surface area contributed by atoms with Gasteiger partial charge >= 0.3 is 11.2 Å². The van der Waals surface area contributed by atoms with Crippen molar-refractivity contribution in [2.24, 2.45) is 0 Å². The predicted octanol–water partition coefficient (Wildman–Crippen LogP) is 1.77. The number of benzene rings is 1. The Hall–Kier alpha value is -2.50. The van der Waals surface area contributed by atoms with Crippen LogP contribution in [0.1, 0.15) is 17.1 Å². The van der Waals surface area contributed by atoms with Crippen molar-refractivity contribution in [1.29, 1.82) is 0 Å². The lowest BCUT2D eigenvalue weighted by atomic mass is 10.1. The van der Waals surface area contributed by atoms with E-state index in [0.717, 1.165) is 5.56 Å². The summed E-state index contributed by atoms with van der Waals surface area (Å²) in [7, 11) is 0. The standard InChI is InChI=1S/C13H13N3O3/c1-9-14-11(12(16(18)19)13(17)15-9)8-7-10-5-3-2-4-6-10/h2-6H,7-8H2,1H3,(H,14,15,17). The number of hydrogen-bond donors (Lipinski definition) is 1. The van der Waals surface area contributed by atoms with Gasteiger partial charge < -0.3 is 4.98 Å². The molecule has 6 heteroatoms. The third-order valence-corrected chi connectivity index (χ3v) is 2.76. The van der Waals surface area contributed by atoms with Gasteiger partial charge in [-0.05, 0) is 18.9 Å². The van der Waals surface area contributed by atoms with Crippen LogP contribution in [0.3, 0.4) is 0 Å². The van der Waals surface area contributed by atoms with Gasteiger partial charge in [0.05, 0.1) is 4.92 Å². The summed E-state index contributed by atoms with van der Waals surface area (Å²) in [5.41, 5.74) is 0.133. The average Bonchev–Trinajstić information content (AvgIpc) is 2.36. The Labute approximate surface area is 109 Å². The van der Waals surface area contributed by atoms with Crippen LogP contribution in [0.25, 0.3) is 0 Å². The van der Waals surface area contributed by atoms with Crippen LogP contribution in [0.4, 0.5) is 5.69 Å². The van der Waals surface area contributed by atoms with Crippen LogP contribution in [0.2, 0.25) is 0 Å². The molecule has 0 spiro atoms. The SMILES string of the molecule is Cc1nc(CCc2ccccc2)c([N+](=O)[O-])c(=O)[nH]1. The fourth-order valence-corrected chi connectivity index (χ4v) is 1.91. The first-order valence-corrected chi connectivity index (χ1v) is 5.86. The monoisotopic (exact) mass is 259 g/mol. The largest absolute Gasteiger partial charge is 0.355 e. The van der Waals surface area contributed by atoms with Crippen LogP contribution in [-0.4, -0.2) is 14.9 Å². The number of aryl methyl sites for hydroxylation is 3. The lowest BCUT2D eigenvalue weighted by Gasteiger charge is -2.03. The van der Waals surface area contributed by atoms with Gasteiger partial charge in [0.1, 0.15) is 11.5 Å². The van der Waals surface area contributed by atoms with E-state index in [0.29, 0.717) is 18.7 Å². The van der Waals surface area contributed by atoms with Crippen LogP contribution >= 0.6 is 0 Å². The highest BCUT2D eigenvalue weighted by atomic mass is 16.6. The third-order valence-electron chi connectivity index (χ3n) is 2.76.